The van der Waals surface area contributed by atoms with Gasteiger partial charge in [0, 0.05) is 71.5 Å². The Labute approximate surface area is 296 Å². The van der Waals surface area contributed by atoms with E-state index >= 15 is 0 Å². The van der Waals surface area contributed by atoms with Crippen LogP contribution in [-0.2, 0) is 11.3 Å². The van der Waals surface area contributed by atoms with Crippen LogP contribution in [0.5, 0.6) is 11.5 Å². The number of likely N-dealkylation sites (tertiary alicyclic amines) is 2. The average Bonchev–Trinajstić information content (AvgIpc) is 3.40. The first kappa shape index (κ1) is 37.2. The van der Waals surface area contributed by atoms with E-state index in [1.807, 2.05) is 52.8 Å². The monoisotopic (exact) mass is 692 g/mol. The standard InChI is InChI=1S/C20H23FN2O.C18H25FN2O3.C2H6/c21-17-7-4-8-18-19(17)24-20(9-12-22-18)10-13-23(14-11-20)15-16-5-2-1-3-6-16;1-17(2,3)24-16(22)21-11-8-18(9-12-21)7-10-20-14-6-4-5-13(19)15(14)23-18;1-2/h1-8,22H,9-15H2;4-6,20H,7-12H2,1-3H3;1-2H3. The SMILES string of the molecule is CC.CC(C)(C)OC(=O)N1CCC2(CCNc3cccc(F)c3O2)CC1.Fc1cccc2c1OC1(CCN2)CCN(Cc2ccccc2)CC1. The van der Waals surface area contributed by atoms with Crippen LogP contribution in [0.4, 0.5) is 25.0 Å². The lowest BCUT2D eigenvalue weighted by Gasteiger charge is -2.41. The molecule has 3 aromatic rings. The van der Waals surface area contributed by atoms with Crippen molar-refractivity contribution in [2.45, 2.75) is 96.5 Å². The van der Waals surface area contributed by atoms with Gasteiger partial charge in [0.2, 0.25) is 0 Å². The van der Waals surface area contributed by atoms with E-state index in [-0.39, 0.29) is 23.3 Å². The molecule has 7 rings (SSSR count). The number of para-hydroxylation sites is 2. The minimum atomic E-state index is -0.503. The van der Waals surface area contributed by atoms with Crippen LogP contribution in [0.15, 0.2) is 66.7 Å². The van der Waals surface area contributed by atoms with Gasteiger partial charge in [-0.2, -0.15) is 0 Å². The van der Waals surface area contributed by atoms with Crippen LogP contribution in [-0.4, -0.2) is 72.0 Å². The lowest BCUT2D eigenvalue weighted by Crippen LogP contribution is -2.51. The van der Waals surface area contributed by atoms with Gasteiger partial charge in [0.15, 0.2) is 23.1 Å². The summed E-state index contributed by atoms with van der Waals surface area (Å²) in [7, 11) is 0. The van der Waals surface area contributed by atoms with Crippen LogP contribution < -0.4 is 20.1 Å². The summed E-state index contributed by atoms with van der Waals surface area (Å²) in [6.45, 7) is 15.2. The summed E-state index contributed by atoms with van der Waals surface area (Å²) in [5.74, 6) is 0.0658. The van der Waals surface area contributed by atoms with E-state index in [1.165, 1.54) is 17.7 Å². The van der Waals surface area contributed by atoms with Gasteiger partial charge < -0.3 is 29.7 Å². The van der Waals surface area contributed by atoms with Gasteiger partial charge in [-0.3, -0.25) is 4.90 Å². The highest BCUT2D eigenvalue weighted by molar-refractivity contribution is 5.68. The predicted octanol–water partition coefficient (Wildman–Crippen LogP) is 8.87. The van der Waals surface area contributed by atoms with Crippen LogP contribution in [0.25, 0.3) is 0 Å². The first-order valence-corrected chi connectivity index (χ1v) is 18.2. The summed E-state index contributed by atoms with van der Waals surface area (Å²) in [6.07, 6.45) is 4.62. The maximum absolute atomic E-state index is 14.2. The maximum atomic E-state index is 14.2. The number of carbonyl (C=O) groups is 1. The molecule has 10 heteroatoms. The molecule has 8 nitrogen and oxygen atoms in total. The van der Waals surface area contributed by atoms with E-state index in [0.717, 1.165) is 64.1 Å². The molecule has 0 atom stereocenters. The van der Waals surface area contributed by atoms with Gasteiger partial charge in [-0.05, 0) is 63.4 Å². The second-order valence-electron chi connectivity index (χ2n) is 14.4. The van der Waals surface area contributed by atoms with Gasteiger partial charge in [-0.1, -0.05) is 56.3 Å². The van der Waals surface area contributed by atoms with Crippen molar-refractivity contribution in [2.75, 3.05) is 49.9 Å². The molecule has 3 aromatic carbocycles. The molecular formula is C40H54F2N4O4. The Bertz CT molecular complexity index is 1550. The number of piperidine rings is 2. The first-order chi connectivity index (χ1) is 24.0. The van der Waals surface area contributed by atoms with E-state index in [1.54, 1.807) is 17.0 Å². The fourth-order valence-corrected chi connectivity index (χ4v) is 6.98. The van der Waals surface area contributed by atoms with Gasteiger partial charge in [0.05, 0.1) is 11.4 Å². The minimum Gasteiger partial charge on any atom is -0.482 e. The fraction of sp³-hybridized carbons (Fsp3) is 0.525. The zero-order chi connectivity index (χ0) is 35.8. The highest BCUT2D eigenvalue weighted by Gasteiger charge is 2.41. The molecule has 1 amide bonds. The number of ether oxygens (including phenoxy) is 3. The molecule has 4 aliphatic rings. The lowest BCUT2D eigenvalue weighted by atomic mass is 9.87. The molecule has 0 aromatic heterocycles. The summed E-state index contributed by atoms with van der Waals surface area (Å²) in [5.41, 5.74) is 1.64. The summed E-state index contributed by atoms with van der Waals surface area (Å²) < 4.78 is 46.1. The van der Waals surface area contributed by atoms with Crippen LogP contribution in [0.1, 0.15) is 78.7 Å². The van der Waals surface area contributed by atoms with E-state index in [9.17, 15) is 13.6 Å². The number of anilines is 2. The Balaban J connectivity index is 0.000000185. The third kappa shape index (κ3) is 9.38. The number of benzene rings is 3. The van der Waals surface area contributed by atoms with Crippen LogP contribution in [0.2, 0.25) is 0 Å². The van der Waals surface area contributed by atoms with Gasteiger partial charge in [0.25, 0.3) is 0 Å². The van der Waals surface area contributed by atoms with E-state index in [0.29, 0.717) is 43.1 Å². The number of hydrogen-bond acceptors (Lipinski definition) is 7. The van der Waals surface area contributed by atoms with Crippen LogP contribution >= 0.6 is 0 Å². The molecule has 0 unspecified atom stereocenters. The number of fused-ring (bicyclic) bond motifs is 2. The molecule has 2 spiro atoms. The van der Waals surface area contributed by atoms with E-state index in [4.69, 9.17) is 14.2 Å². The van der Waals surface area contributed by atoms with Gasteiger partial charge >= 0.3 is 6.09 Å². The van der Waals surface area contributed by atoms with Crippen molar-refractivity contribution in [2.24, 2.45) is 0 Å². The first-order valence-electron chi connectivity index (χ1n) is 18.2. The Kier molecular flexibility index (Phi) is 12.1. The fourth-order valence-electron chi connectivity index (χ4n) is 6.98. The highest BCUT2D eigenvalue weighted by Crippen LogP contribution is 2.41. The van der Waals surface area contributed by atoms with Crippen LogP contribution in [0.3, 0.4) is 0 Å². The summed E-state index contributed by atoms with van der Waals surface area (Å²) in [6, 6.07) is 20.6. The molecule has 0 radical (unpaired) electrons. The van der Waals surface area contributed by atoms with Gasteiger partial charge in [-0.25, -0.2) is 13.6 Å². The zero-order valence-electron chi connectivity index (χ0n) is 30.3. The summed E-state index contributed by atoms with van der Waals surface area (Å²) in [4.78, 5) is 16.4. The van der Waals surface area contributed by atoms with Crippen molar-refractivity contribution in [1.29, 1.82) is 0 Å². The Morgan fingerprint density at radius 1 is 0.720 bits per heavy atom. The molecule has 50 heavy (non-hydrogen) atoms. The number of nitrogens with one attached hydrogen (secondary N) is 2. The third-order valence-corrected chi connectivity index (χ3v) is 9.71. The molecule has 0 saturated carbocycles. The summed E-state index contributed by atoms with van der Waals surface area (Å²) in [5, 5.41) is 6.54. The quantitative estimate of drug-likeness (QED) is 0.278. The molecule has 4 heterocycles. The lowest BCUT2D eigenvalue weighted by molar-refractivity contribution is -0.0198. The van der Waals surface area contributed by atoms with E-state index < -0.39 is 11.2 Å². The van der Waals surface area contributed by atoms with E-state index in [2.05, 4.69) is 39.8 Å². The number of rotatable bonds is 2. The topological polar surface area (TPSA) is 75.3 Å². The van der Waals surface area contributed by atoms with Crippen molar-refractivity contribution < 1.29 is 27.8 Å². The van der Waals surface area contributed by atoms with Crippen molar-refractivity contribution in [1.82, 2.24) is 9.80 Å². The molecule has 2 saturated heterocycles. The third-order valence-electron chi connectivity index (χ3n) is 9.71. The number of halogens is 2. The van der Waals surface area contributed by atoms with Crippen molar-refractivity contribution >= 4 is 17.5 Å². The molecule has 272 valence electrons. The molecule has 2 fully saturated rings. The normalized spacial score (nSPS) is 19.1. The zero-order valence-corrected chi connectivity index (χ0v) is 30.3. The van der Waals surface area contributed by atoms with Crippen molar-refractivity contribution in [3.8, 4) is 11.5 Å². The number of hydrogen-bond donors (Lipinski definition) is 2. The van der Waals surface area contributed by atoms with Gasteiger partial charge in [-0.15, -0.1) is 0 Å². The Hall–Kier alpha value is -4.05. The van der Waals surface area contributed by atoms with Crippen molar-refractivity contribution in [3.05, 3.63) is 83.9 Å². The second kappa shape index (κ2) is 16.3. The number of carbonyl (C=O) groups excluding carboxylic acids is 1. The maximum Gasteiger partial charge on any atom is 0.410 e. The van der Waals surface area contributed by atoms with Crippen LogP contribution in [0, 0.1) is 11.6 Å². The highest BCUT2D eigenvalue weighted by atomic mass is 19.1. The molecule has 4 aliphatic heterocycles. The number of amides is 1. The Morgan fingerprint density at radius 2 is 1.20 bits per heavy atom. The molecular weight excluding hydrogens is 638 g/mol. The van der Waals surface area contributed by atoms with Crippen molar-refractivity contribution in [3.63, 3.8) is 0 Å². The largest absolute Gasteiger partial charge is 0.482 e. The average molecular weight is 693 g/mol. The van der Waals surface area contributed by atoms with Gasteiger partial charge in [0.1, 0.15) is 16.8 Å². The Morgan fingerprint density at radius 3 is 1.68 bits per heavy atom. The number of nitrogens with zero attached hydrogens (tertiary/aromatic N) is 2. The second-order valence-corrected chi connectivity index (χ2v) is 14.4. The molecule has 2 N–H and O–H groups in total. The predicted molar refractivity (Wildman–Crippen MR) is 195 cm³/mol. The smallest absolute Gasteiger partial charge is 0.410 e. The molecule has 0 aliphatic carbocycles. The molecule has 0 bridgehead atoms. The summed E-state index contributed by atoms with van der Waals surface area (Å²) >= 11 is 0. The minimum absolute atomic E-state index is 0.242.